The Bertz CT molecular complexity index is 881. The Morgan fingerprint density at radius 1 is 1.35 bits per heavy atom. The lowest BCUT2D eigenvalue weighted by atomic mass is 10.0. The van der Waals surface area contributed by atoms with Gasteiger partial charge in [-0.1, -0.05) is 5.16 Å². The van der Waals surface area contributed by atoms with E-state index in [4.69, 9.17) is 4.52 Å². The van der Waals surface area contributed by atoms with Gasteiger partial charge in [0.1, 0.15) is 5.82 Å². The highest BCUT2D eigenvalue weighted by molar-refractivity contribution is 5.91. The molecular weight excluding hydrogens is 299 g/mol. The number of aliphatic hydroxyl groups is 1. The summed E-state index contributed by atoms with van der Waals surface area (Å²) >= 11 is 0. The maximum absolute atomic E-state index is 13.4. The summed E-state index contributed by atoms with van der Waals surface area (Å²) in [5.74, 6) is 0.417. The van der Waals surface area contributed by atoms with Gasteiger partial charge < -0.3 is 14.5 Å². The number of β-amino-alcohol motifs (C(OH)–C–C–N with tert-alkyl or cyclic N) is 1. The van der Waals surface area contributed by atoms with Gasteiger partial charge in [0.15, 0.2) is 11.4 Å². The third kappa shape index (κ3) is 2.33. The van der Waals surface area contributed by atoms with Gasteiger partial charge >= 0.3 is 0 Å². The first-order valence-electron chi connectivity index (χ1n) is 7.38. The van der Waals surface area contributed by atoms with Gasteiger partial charge in [0.2, 0.25) is 0 Å². The van der Waals surface area contributed by atoms with Crippen molar-refractivity contribution < 1.29 is 14.0 Å². The summed E-state index contributed by atoms with van der Waals surface area (Å²) < 4.78 is 18.5. The fourth-order valence-corrected chi connectivity index (χ4v) is 3.04. The molecule has 1 unspecified atom stereocenters. The summed E-state index contributed by atoms with van der Waals surface area (Å²) in [6.45, 7) is 2.69. The number of fused-ring (bicyclic) bond motifs is 1. The molecule has 4 rings (SSSR count). The van der Waals surface area contributed by atoms with Crippen molar-refractivity contribution in [3.8, 4) is 0 Å². The molecule has 118 valence electrons. The minimum atomic E-state index is -1.17. The van der Waals surface area contributed by atoms with Crippen LogP contribution in [0.1, 0.15) is 18.1 Å². The molecule has 0 amide bonds. The molecule has 0 saturated carbocycles. The van der Waals surface area contributed by atoms with Crippen LogP contribution < -0.4 is 4.90 Å². The van der Waals surface area contributed by atoms with Crippen LogP contribution in [0.4, 0.5) is 10.1 Å². The van der Waals surface area contributed by atoms with E-state index in [1.807, 2.05) is 11.0 Å². The van der Waals surface area contributed by atoms with E-state index in [9.17, 15) is 9.50 Å². The first kappa shape index (κ1) is 14.1. The molecule has 1 atom stereocenters. The van der Waals surface area contributed by atoms with E-state index in [2.05, 4.69) is 15.1 Å². The number of rotatable bonds is 2. The molecule has 0 bridgehead atoms. The van der Waals surface area contributed by atoms with E-state index in [0.29, 0.717) is 30.9 Å². The summed E-state index contributed by atoms with van der Waals surface area (Å²) in [5, 5.41) is 15.4. The highest BCUT2D eigenvalue weighted by atomic mass is 19.1. The van der Waals surface area contributed by atoms with Crippen molar-refractivity contribution in [2.75, 3.05) is 18.0 Å². The second-order valence-electron chi connectivity index (χ2n) is 5.84. The molecule has 7 heteroatoms. The quantitative estimate of drug-likeness (QED) is 0.781. The lowest BCUT2D eigenvalue weighted by Gasteiger charge is -2.22. The number of aromatic nitrogens is 3. The number of hydrogen-bond acceptors (Lipinski definition) is 6. The van der Waals surface area contributed by atoms with Crippen molar-refractivity contribution in [2.45, 2.75) is 18.9 Å². The maximum Gasteiger partial charge on any atom is 0.260 e. The molecule has 1 aromatic carbocycles. The van der Waals surface area contributed by atoms with Crippen molar-refractivity contribution in [3.05, 3.63) is 48.0 Å². The summed E-state index contributed by atoms with van der Waals surface area (Å²) in [6.07, 6.45) is 2.13. The molecule has 1 N–H and O–H groups in total. The van der Waals surface area contributed by atoms with Gasteiger partial charge in [-0.3, -0.25) is 4.98 Å². The normalized spacial score (nSPS) is 21.3. The molecule has 6 nitrogen and oxygen atoms in total. The topological polar surface area (TPSA) is 75.3 Å². The standard InChI is InChI=1S/C16H15FN4O2/c1-10-19-15(23-20-10)16(22)5-7-21(9-16)14-4-6-18-13-8-11(17)2-3-12(13)14/h2-4,6,8,22H,5,7,9H2,1H3. The fourth-order valence-electron chi connectivity index (χ4n) is 3.04. The molecule has 3 heterocycles. The molecule has 0 spiro atoms. The minimum absolute atomic E-state index is 0.238. The summed E-state index contributed by atoms with van der Waals surface area (Å²) in [5.41, 5.74) is 0.324. The van der Waals surface area contributed by atoms with Gasteiger partial charge in [0.05, 0.1) is 12.1 Å². The average Bonchev–Trinajstić information content (AvgIpc) is 3.14. The molecule has 2 aromatic heterocycles. The summed E-state index contributed by atoms with van der Waals surface area (Å²) in [7, 11) is 0. The van der Waals surface area contributed by atoms with Gasteiger partial charge in [-0.25, -0.2) is 4.39 Å². The second kappa shape index (κ2) is 4.99. The number of anilines is 1. The van der Waals surface area contributed by atoms with E-state index in [1.165, 1.54) is 12.1 Å². The van der Waals surface area contributed by atoms with Crippen LogP contribution in [-0.4, -0.2) is 33.3 Å². The van der Waals surface area contributed by atoms with E-state index < -0.39 is 5.60 Å². The largest absolute Gasteiger partial charge is 0.378 e. The van der Waals surface area contributed by atoms with Crippen molar-refractivity contribution in [2.24, 2.45) is 0 Å². The molecular formula is C16H15FN4O2. The van der Waals surface area contributed by atoms with Crippen LogP contribution in [0.5, 0.6) is 0 Å². The van der Waals surface area contributed by atoms with Crippen molar-refractivity contribution in [1.29, 1.82) is 0 Å². The van der Waals surface area contributed by atoms with Crippen LogP contribution >= 0.6 is 0 Å². The molecule has 1 saturated heterocycles. The van der Waals surface area contributed by atoms with Gasteiger partial charge in [0, 0.05) is 36.3 Å². The van der Waals surface area contributed by atoms with Gasteiger partial charge in [0.25, 0.3) is 5.89 Å². The number of aryl methyl sites for hydroxylation is 1. The Hall–Kier alpha value is -2.54. The number of hydrogen-bond donors (Lipinski definition) is 1. The zero-order valence-electron chi connectivity index (χ0n) is 12.5. The van der Waals surface area contributed by atoms with E-state index in [0.717, 1.165) is 11.1 Å². The first-order valence-corrected chi connectivity index (χ1v) is 7.38. The fraction of sp³-hybridized carbons (Fsp3) is 0.312. The highest BCUT2D eigenvalue weighted by Crippen LogP contribution is 2.36. The lowest BCUT2D eigenvalue weighted by molar-refractivity contribution is 0.0260. The monoisotopic (exact) mass is 314 g/mol. The molecule has 0 radical (unpaired) electrons. The van der Waals surface area contributed by atoms with Crippen molar-refractivity contribution in [3.63, 3.8) is 0 Å². The molecule has 1 aliphatic heterocycles. The van der Waals surface area contributed by atoms with Crippen LogP contribution in [0, 0.1) is 12.7 Å². The summed E-state index contributed by atoms with van der Waals surface area (Å²) in [6, 6.07) is 6.39. The van der Waals surface area contributed by atoms with Gasteiger partial charge in [-0.2, -0.15) is 4.98 Å². The third-order valence-electron chi connectivity index (χ3n) is 4.20. The molecule has 1 fully saturated rings. The molecule has 3 aromatic rings. The van der Waals surface area contributed by atoms with Crippen LogP contribution in [0.2, 0.25) is 0 Å². The van der Waals surface area contributed by atoms with Gasteiger partial charge in [-0.05, 0) is 25.1 Å². The molecule has 1 aliphatic rings. The van der Waals surface area contributed by atoms with Crippen molar-refractivity contribution in [1.82, 2.24) is 15.1 Å². The predicted molar refractivity (Wildman–Crippen MR) is 81.5 cm³/mol. The van der Waals surface area contributed by atoms with Gasteiger partial charge in [-0.15, -0.1) is 0 Å². The average molecular weight is 314 g/mol. The zero-order valence-corrected chi connectivity index (χ0v) is 12.5. The van der Waals surface area contributed by atoms with Crippen LogP contribution in [0.15, 0.2) is 35.0 Å². The smallest absolute Gasteiger partial charge is 0.260 e. The van der Waals surface area contributed by atoms with E-state index in [-0.39, 0.29) is 11.7 Å². The highest BCUT2D eigenvalue weighted by Gasteiger charge is 2.42. The molecule has 23 heavy (non-hydrogen) atoms. The number of nitrogens with zero attached hydrogens (tertiary/aromatic N) is 4. The van der Waals surface area contributed by atoms with Crippen molar-refractivity contribution >= 4 is 16.6 Å². The first-order chi connectivity index (χ1) is 11.0. The number of pyridine rings is 1. The Morgan fingerprint density at radius 3 is 3.00 bits per heavy atom. The Labute approximate surface area is 131 Å². The Kier molecular flexibility index (Phi) is 3.05. The maximum atomic E-state index is 13.4. The third-order valence-corrected chi connectivity index (χ3v) is 4.20. The number of halogens is 1. The predicted octanol–water partition coefficient (Wildman–Crippen LogP) is 2.16. The Balaban J connectivity index is 1.70. The van der Waals surface area contributed by atoms with Crippen LogP contribution in [0.25, 0.3) is 10.9 Å². The Morgan fingerprint density at radius 2 is 2.22 bits per heavy atom. The van der Waals surface area contributed by atoms with E-state index >= 15 is 0 Å². The summed E-state index contributed by atoms with van der Waals surface area (Å²) in [4.78, 5) is 10.4. The van der Waals surface area contributed by atoms with Crippen LogP contribution in [-0.2, 0) is 5.60 Å². The van der Waals surface area contributed by atoms with E-state index in [1.54, 1.807) is 19.2 Å². The zero-order chi connectivity index (χ0) is 16.0. The molecule has 0 aliphatic carbocycles. The second-order valence-corrected chi connectivity index (χ2v) is 5.84. The van der Waals surface area contributed by atoms with Crippen LogP contribution in [0.3, 0.4) is 0 Å². The number of benzene rings is 1. The lowest BCUT2D eigenvalue weighted by Crippen LogP contribution is -2.31. The SMILES string of the molecule is Cc1noc(C2(O)CCN(c3ccnc4cc(F)ccc34)C2)n1. The minimum Gasteiger partial charge on any atom is -0.378 e.